The summed E-state index contributed by atoms with van der Waals surface area (Å²) in [5.74, 6) is 6.16. The monoisotopic (exact) mass is 411 g/mol. The van der Waals surface area contributed by atoms with Crippen LogP contribution in [0.3, 0.4) is 0 Å². The molecule has 0 saturated heterocycles. The number of aromatic amines is 1. The van der Waals surface area contributed by atoms with Gasteiger partial charge < -0.3 is 10.4 Å². The summed E-state index contributed by atoms with van der Waals surface area (Å²) in [6, 6.07) is 13.9. The first kappa shape index (κ1) is 20.0. The summed E-state index contributed by atoms with van der Waals surface area (Å²) in [4.78, 5) is 12.6. The number of H-pyrrole nitrogens is 1. The van der Waals surface area contributed by atoms with Crippen LogP contribution in [0, 0.1) is 11.8 Å². The summed E-state index contributed by atoms with van der Waals surface area (Å²) in [5, 5.41) is 23.6. The molecule has 0 saturated carbocycles. The van der Waals surface area contributed by atoms with Gasteiger partial charge in [-0.2, -0.15) is 10.2 Å². The number of aromatic nitrogens is 4. The summed E-state index contributed by atoms with van der Waals surface area (Å²) >= 11 is 0. The lowest BCUT2D eigenvalue weighted by Crippen LogP contribution is -2.25. The maximum Gasteiger partial charge on any atom is 0.251 e. The van der Waals surface area contributed by atoms with Crippen molar-refractivity contribution in [3.8, 4) is 23.3 Å². The molecular formula is C24H21N5O2. The van der Waals surface area contributed by atoms with Crippen molar-refractivity contribution >= 4 is 5.91 Å². The van der Waals surface area contributed by atoms with E-state index in [0.29, 0.717) is 23.2 Å². The zero-order valence-corrected chi connectivity index (χ0v) is 16.7. The van der Waals surface area contributed by atoms with Crippen molar-refractivity contribution in [1.82, 2.24) is 25.3 Å². The van der Waals surface area contributed by atoms with E-state index in [-0.39, 0.29) is 11.7 Å². The highest BCUT2D eigenvalue weighted by Gasteiger charge is 2.10. The third kappa shape index (κ3) is 5.19. The quantitative estimate of drug-likeness (QED) is 0.336. The summed E-state index contributed by atoms with van der Waals surface area (Å²) < 4.78 is 1.71. The van der Waals surface area contributed by atoms with Gasteiger partial charge >= 0.3 is 0 Å². The molecule has 2 aromatic heterocycles. The highest BCUT2D eigenvalue weighted by molar-refractivity contribution is 5.95. The molecule has 0 bridgehead atoms. The first-order valence-electron chi connectivity index (χ1n) is 9.90. The van der Waals surface area contributed by atoms with Gasteiger partial charge in [0.1, 0.15) is 5.75 Å². The van der Waals surface area contributed by atoms with E-state index in [1.54, 1.807) is 47.4 Å². The van der Waals surface area contributed by atoms with Crippen LogP contribution in [0.4, 0.5) is 0 Å². The number of hydrogen-bond acceptors (Lipinski definition) is 4. The van der Waals surface area contributed by atoms with Crippen molar-refractivity contribution in [3.05, 3.63) is 95.6 Å². The molecule has 0 aliphatic carbocycles. The van der Waals surface area contributed by atoms with E-state index in [1.807, 2.05) is 30.6 Å². The number of aromatic hydroxyl groups is 1. The van der Waals surface area contributed by atoms with Gasteiger partial charge in [0, 0.05) is 36.3 Å². The van der Waals surface area contributed by atoms with Gasteiger partial charge in [-0.1, -0.05) is 17.9 Å². The average Bonchev–Trinajstić information content (AvgIpc) is 3.49. The second-order valence-corrected chi connectivity index (χ2v) is 6.95. The van der Waals surface area contributed by atoms with Crippen LogP contribution in [0.25, 0.3) is 5.69 Å². The first-order chi connectivity index (χ1) is 15.2. The fraction of sp³-hybridized carbons (Fsp3) is 0.125. The molecule has 154 valence electrons. The molecule has 3 N–H and O–H groups in total. The summed E-state index contributed by atoms with van der Waals surface area (Å²) in [6.07, 6.45) is 8.81. The molecule has 0 aliphatic heterocycles. The van der Waals surface area contributed by atoms with Gasteiger partial charge in [0.05, 0.1) is 17.4 Å². The number of carbonyl (C=O) groups is 1. The van der Waals surface area contributed by atoms with Crippen LogP contribution >= 0.6 is 0 Å². The van der Waals surface area contributed by atoms with Gasteiger partial charge in [0.15, 0.2) is 0 Å². The third-order valence-electron chi connectivity index (χ3n) is 4.68. The van der Waals surface area contributed by atoms with Crippen molar-refractivity contribution in [3.63, 3.8) is 0 Å². The van der Waals surface area contributed by atoms with Crippen LogP contribution < -0.4 is 5.32 Å². The predicted octanol–water partition coefficient (Wildman–Crippen LogP) is 3.06. The van der Waals surface area contributed by atoms with Crippen LogP contribution in [-0.2, 0) is 6.42 Å². The fourth-order valence-electron chi connectivity index (χ4n) is 3.12. The van der Waals surface area contributed by atoms with Gasteiger partial charge in [0.2, 0.25) is 0 Å². The third-order valence-corrected chi connectivity index (χ3v) is 4.68. The Balaban J connectivity index is 1.52. The number of aryl methyl sites for hydroxylation is 1. The Labute approximate surface area is 179 Å². The number of phenolic OH excluding ortho intramolecular Hbond substituents is 1. The molecule has 0 radical (unpaired) electrons. The number of nitrogens with one attached hydrogen (secondary N) is 2. The zero-order chi connectivity index (χ0) is 21.5. The molecule has 4 aromatic rings. The van der Waals surface area contributed by atoms with Gasteiger partial charge in [-0.25, -0.2) is 4.68 Å². The van der Waals surface area contributed by atoms with Gasteiger partial charge in [-0.05, 0) is 60.9 Å². The summed E-state index contributed by atoms with van der Waals surface area (Å²) in [5.41, 5.74) is 3.76. The normalized spacial score (nSPS) is 10.3. The molecule has 7 nitrogen and oxygen atoms in total. The Hall–Kier alpha value is -4.31. The summed E-state index contributed by atoms with van der Waals surface area (Å²) in [7, 11) is 0. The standard InChI is InChI=1S/C24H21N5O2/c30-22-6-1-4-18(14-22)7-8-20-15-21(9-10-23(20)29-13-3-12-28-29)24(31)25-11-2-5-19-16-26-27-17-19/h1,3-4,6,9-10,12-17,30H,2,5,11H2,(H,25,31)(H,26,27). The number of hydrogen-bond donors (Lipinski definition) is 3. The van der Waals surface area contributed by atoms with Crippen LogP contribution in [-0.4, -0.2) is 37.5 Å². The van der Waals surface area contributed by atoms with Crippen LogP contribution in [0.1, 0.15) is 33.5 Å². The van der Waals surface area contributed by atoms with Crippen molar-refractivity contribution in [2.24, 2.45) is 0 Å². The Kier molecular flexibility index (Phi) is 6.10. The summed E-state index contributed by atoms with van der Waals surface area (Å²) in [6.45, 7) is 0.565. The van der Waals surface area contributed by atoms with E-state index in [0.717, 1.165) is 24.1 Å². The molecule has 4 rings (SSSR count). The van der Waals surface area contributed by atoms with E-state index < -0.39 is 0 Å². The second-order valence-electron chi connectivity index (χ2n) is 6.95. The molecular weight excluding hydrogens is 390 g/mol. The van der Waals surface area contributed by atoms with E-state index in [1.165, 1.54) is 0 Å². The largest absolute Gasteiger partial charge is 0.508 e. The number of benzene rings is 2. The minimum Gasteiger partial charge on any atom is -0.508 e. The van der Waals surface area contributed by atoms with Crippen molar-refractivity contribution in [2.75, 3.05) is 6.54 Å². The maximum absolute atomic E-state index is 12.6. The minimum atomic E-state index is -0.153. The molecule has 0 atom stereocenters. The Bertz CT molecular complexity index is 1220. The molecule has 0 aliphatic rings. The van der Waals surface area contributed by atoms with Crippen LogP contribution in [0.15, 0.2) is 73.3 Å². The molecule has 0 spiro atoms. The predicted molar refractivity (Wildman–Crippen MR) is 117 cm³/mol. The molecule has 2 aromatic carbocycles. The Morgan fingerprint density at radius 3 is 2.87 bits per heavy atom. The highest BCUT2D eigenvalue weighted by atomic mass is 16.3. The molecule has 0 fully saturated rings. The lowest BCUT2D eigenvalue weighted by atomic mass is 10.1. The molecule has 31 heavy (non-hydrogen) atoms. The second kappa shape index (κ2) is 9.46. The van der Waals surface area contributed by atoms with Gasteiger partial charge in [-0.15, -0.1) is 0 Å². The smallest absolute Gasteiger partial charge is 0.251 e. The van der Waals surface area contributed by atoms with Gasteiger partial charge in [-0.3, -0.25) is 9.89 Å². The van der Waals surface area contributed by atoms with E-state index in [4.69, 9.17) is 0 Å². The van der Waals surface area contributed by atoms with Crippen molar-refractivity contribution in [2.45, 2.75) is 12.8 Å². The first-order valence-corrected chi connectivity index (χ1v) is 9.90. The lowest BCUT2D eigenvalue weighted by molar-refractivity contribution is 0.0953. The number of nitrogens with zero attached hydrogens (tertiary/aromatic N) is 3. The lowest BCUT2D eigenvalue weighted by Gasteiger charge is -2.09. The Morgan fingerprint density at radius 2 is 2.10 bits per heavy atom. The number of amides is 1. The van der Waals surface area contributed by atoms with E-state index in [2.05, 4.69) is 32.5 Å². The zero-order valence-electron chi connectivity index (χ0n) is 16.7. The molecule has 0 unspecified atom stereocenters. The van der Waals surface area contributed by atoms with Crippen molar-refractivity contribution < 1.29 is 9.90 Å². The Morgan fingerprint density at radius 1 is 1.16 bits per heavy atom. The van der Waals surface area contributed by atoms with E-state index >= 15 is 0 Å². The number of carbonyl (C=O) groups excluding carboxylic acids is 1. The van der Waals surface area contributed by atoms with Crippen molar-refractivity contribution in [1.29, 1.82) is 0 Å². The molecule has 1 amide bonds. The highest BCUT2D eigenvalue weighted by Crippen LogP contribution is 2.16. The molecule has 7 heteroatoms. The molecule has 2 heterocycles. The van der Waals surface area contributed by atoms with Crippen LogP contribution in [0.5, 0.6) is 5.75 Å². The topological polar surface area (TPSA) is 95.8 Å². The minimum absolute atomic E-state index is 0.153. The SMILES string of the molecule is O=C(NCCCc1cn[nH]c1)c1ccc(-n2cccn2)c(C#Cc2cccc(O)c2)c1. The number of rotatable bonds is 6. The maximum atomic E-state index is 12.6. The van der Waals surface area contributed by atoms with Gasteiger partial charge in [0.25, 0.3) is 5.91 Å². The fourth-order valence-corrected chi connectivity index (χ4v) is 3.12. The van der Waals surface area contributed by atoms with Crippen LogP contribution in [0.2, 0.25) is 0 Å². The average molecular weight is 411 g/mol. The van der Waals surface area contributed by atoms with E-state index in [9.17, 15) is 9.90 Å². The number of phenols is 1.